The van der Waals surface area contributed by atoms with Crippen LogP contribution in [-0.4, -0.2) is 41.5 Å². The van der Waals surface area contributed by atoms with Crippen molar-refractivity contribution < 1.29 is 4.79 Å². The highest BCUT2D eigenvalue weighted by Crippen LogP contribution is 2.17. The molecule has 2 heterocycles. The van der Waals surface area contributed by atoms with E-state index < -0.39 is 0 Å². The Morgan fingerprint density at radius 3 is 2.95 bits per heavy atom. The van der Waals surface area contributed by atoms with Gasteiger partial charge in [0.2, 0.25) is 5.56 Å². The minimum absolute atomic E-state index is 0.0688. The second-order valence-corrected chi connectivity index (χ2v) is 5.20. The molecule has 2 aromatic rings. The maximum atomic E-state index is 12.7. The summed E-state index contributed by atoms with van der Waals surface area (Å²) in [5.74, 6) is -0.0688. The van der Waals surface area contributed by atoms with Crippen LogP contribution in [0.4, 0.5) is 0 Å². The van der Waals surface area contributed by atoms with Gasteiger partial charge in [0.05, 0.1) is 5.56 Å². The fraction of sp³-hybridized carbons (Fsp3) is 0.333. The summed E-state index contributed by atoms with van der Waals surface area (Å²) in [4.78, 5) is 28.9. The number of benzene rings is 1. The Balaban J connectivity index is 2.05. The SMILES string of the molecule is CC1CN(C(=O)c2cc(=O)[nH]c3ccccc23)CCN1. The van der Waals surface area contributed by atoms with E-state index in [-0.39, 0.29) is 17.5 Å². The van der Waals surface area contributed by atoms with Crippen LogP contribution in [0.1, 0.15) is 17.3 Å². The van der Waals surface area contributed by atoms with Crippen LogP contribution in [-0.2, 0) is 0 Å². The number of carbonyl (C=O) groups excluding carboxylic acids is 1. The summed E-state index contributed by atoms with van der Waals surface area (Å²) in [6.07, 6.45) is 0. The lowest BCUT2D eigenvalue weighted by Gasteiger charge is -2.32. The highest BCUT2D eigenvalue weighted by atomic mass is 16.2. The van der Waals surface area contributed by atoms with Gasteiger partial charge in [0.15, 0.2) is 0 Å². The number of H-pyrrole nitrogens is 1. The smallest absolute Gasteiger partial charge is 0.254 e. The standard InChI is InChI=1S/C15H17N3O2/c1-10-9-18(7-6-16-10)15(20)12-8-14(19)17-13-5-3-2-4-11(12)13/h2-5,8,10,16H,6-7,9H2,1H3,(H,17,19). The van der Waals surface area contributed by atoms with Crippen LogP contribution in [0.5, 0.6) is 0 Å². The Morgan fingerprint density at radius 1 is 1.35 bits per heavy atom. The van der Waals surface area contributed by atoms with Crippen LogP contribution in [0.15, 0.2) is 35.1 Å². The van der Waals surface area contributed by atoms with E-state index in [0.717, 1.165) is 11.9 Å². The van der Waals surface area contributed by atoms with Crippen molar-refractivity contribution in [2.75, 3.05) is 19.6 Å². The molecule has 1 aromatic carbocycles. The molecule has 0 bridgehead atoms. The number of piperazine rings is 1. The third kappa shape index (κ3) is 2.32. The molecule has 1 atom stereocenters. The second kappa shape index (κ2) is 5.09. The van der Waals surface area contributed by atoms with Gasteiger partial charge in [-0.15, -0.1) is 0 Å². The van der Waals surface area contributed by atoms with Crippen molar-refractivity contribution in [3.05, 3.63) is 46.2 Å². The van der Waals surface area contributed by atoms with Gasteiger partial charge in [-0.25, -0.2) is 0 Å². The lowest BCUT2D eigenvalue weighted by molar-refractivity contribution is 0.0711. The van der Waals surface area contributed by atoms with E-state index in [2.05, 4.69) is 17.2 Å². The first-order chi connectivity index (χ1) is 9.65. The molecule has 0 radical (unpaired) electrons. The number of para-hydroxylation sites is 1. The molecule has 1 aliphatic rings. The number of amides is 1. The van der Waals surface area contributed by atoms with E-state index in [1.165, 1.54) is 6.07 Å². The summed E-state index contributed by atoms with van der Waals surface area (Å²) >= 11 is 0. The zero-order chi connectivity index (χ0) is 14.1. The van der Waals surface area contributed by atoms with E-state index in [1.54, 1.807) is 0 Å². The fourth-order valence-corrected chi connectivity index (χ4v) is 2.67. The summed E-state index contributed by atoms with van der Waals surface area (Å²) in [6, 6.07) is 9.08. The molecule has 20 heavy (non-hydrogen) atoms. The number of fused-ring (bicyclic) bond motifs is 1. The van der Waals surface area contributed by atoms with Crippen molar-refractivity contribution in [2.24, 2.45) is 0 Å². The molecule has 0 spiro atoms. The van der Waals surface area contributed by atoms with Crippen molar-refractivity contribution in [3.8, 4) is 0 Å². The van der Waals surface area contributed by atoms with Gasteiger partial charge in [0.25, 0.3) is 5.91 Å². The number of carbonyl (C=O) groups is 1. The monoisotopic (exact) mass is 271 g/mol. The number of hydrogen-bond acceptors (Lipinski definition) is 3. The zero-order valence-corrected chi connectivity index (χ0v) is 11.3. The zero-order valence-electron chi connectivity index (χ0n) is 11.3. The van der Waals surface area contributed by atoms with Gasteiger partial charge in [-0.1, -0.05) is 18.2 Å². The topological polar surface area (TPSA) is 65.2 Å². The van der Waals surface area contributed by atoms with Gasteiger partial charge in [0, 0.05) is 42.6 Å². The van der Waals surface area contributed by atoms with Gasteiger partial charge in [-0.05, 0) is 13.0 Å². The van der Waals surface area contributed by atoms with Gasteiger partial charge in [-0.3, -0.25) is 9.59 Å². The van der Waals surface area contributed by atoms with Crippen molar-refractivity contribution in [2.45, 2.75) is 13.0 Å². The second-order valence-electron chi connectivity index (χ2n) is 5.20. The quantitative estimate of drug-likeness (QED) is 0.812. The van der Waals surface area contributed by atoms with Gasteiger partial charge in [0.1, 0.15) is 0 Å². The minimum Gasteiger partial charge on any atom is -0.336 e. The number of nitrogens with one attached hydrogen (secondary N) is 2. The normalized spacial score (nSPS) is 19.2. The highest BCUT2D eigenvalue weighted by molar-refractivity contribution is 6.06. The summed E-state index contributed by atoms with van der Waals surface area (Å²) in [5.41, 5.74) is 0.945. The van der Waals surface area contributed by atoms with Crippen LogP contribution < -0.4 is 10.9 Å². The summed E-state index contributed by atoms with van der Waals surface area (Å²) in [6.45, 7) is 4.17. The molecule has 1 fully saturated rings. The number of rotatable bonds is 1. The Labute approximate surface area is 116 Å². The third-order valence-corrected chi connectivity index (χ3v) is 3.64. The van der Waals surface area contributed by atoms with Crippen LogP contribution in [0.25, 0.3) is 10.9 Å². The molecule has 0 aliphatic carbocycles. The lowest BCUT2D eigenvalue weighted by Crippen LogP contribution is -2.51. The maximum Gasteiger partial charge on any atom is 0.254 e. The Hall–Kier alpha value is -2.14. The third-order valence-electron chi connectivity index (χ3n) is 3.64. The van der Waals surface area contributed by atoms with E-state index >= 15 is 0 Å². The Bertz CT molecular complexity index is 708. The average Bonchev–Trinajstić information content (AvgIpc) is 2.45. The predicted molar refractivity (Wildman–Crippen MR) is 77.9 cm³/mol. The number of hydrogen-bond donors (Lipinski definition) is 2. The number of aromatic nitrogens is 1. The van der Waals surface area contributed by atoms with E-state index in [1.807, 2.05) is 29.2 Å². The first-order valence-corrected chi connectivity index (χ1v) is 6.80. The average molecular weight is 271 g/mol. The Morgan fingerprint density at radius 2 is 2.15 bits per heavy atom. The van der Waals surface area contributed by atoms with Gasteiger partial charge < -0.3 is 15.2 Å². The molecule has 0 saturated carbocycles. The number of aromatic amines is 1. The van der Waals surface area contributed by atoms with Crippen LogP contribution in [0.2, 0.25) is 0 Å². The van der Waals surface area contributed by atoms with Crippen molar-refractivity contribution in [1.29, 1.82) is 0 Å². The van der Waals surface area contributed by atoms with Crippen molar-refractivity contribution in [1.82, 2.24) is 15.2 Å². The predicted octanol–water partition coefficient (Wildman–Crippen LogP) is 0.962. The molecule has 3 rings (SSSR count). The maximum absolute atomic E-state index is 12.7. The number of pyridine rings is 1. The van der Waals surface area contributed by atoms with E-state index in [4.69, 9.17) is 0 Å². The molecule has 104 valence electrons. The Kier molecular flexibility index (Phi) is 3.28. The molecule has 1 aliphatic heterocycles. The summed E-state index contributed by atoms with van der Waals surface area (Å²) in [5, 5.41) is 4.10. The van der Waals surface area contributed by atoms with Crippen LogP contribution >= 0.6 is 0 Å². The molecule has 2 N–H and O–H groups in total. The van der Waals surface area contributed by atoms with Gasteiger partial charge >= 0.3 is 0 Å². The molecular formula is C15H17N3O2. The molecule has 1 aromatic heterocycles. The summed E-state index contributed by atoms with van der Waals surface area (Å²) in [7, 11) is 0. The molecule has 5 heteroatoms. The fourth-order valence-electron chi connectivity index (χ4n) is 2.67. The first-order valence-electron chi connectivity index (χ1n) is 6.80. The van der Waals surface area contributed by atoms with E-state index in [9.17, 15) is 9.59 Å². The van der Waals surface area contributed by atoms with Crippen LogP contribution in [0.3, 0.4) is 0 Å². The van der Waals surface area contributed by atoms with Crippen LogP contribution in [0, 0.1) is 0 Å². The summed E-state index contributed by atoms with van der Waals surface area (Å²) < 4.78 is 0. The van der Waals surface area contributed by atoms with Gasteiger partial charge in [-0.2, -0.15) is 0 Å². The molecule has 1 amide bonds. The first kappa shape index (κ1) is 12.9. The lowest BCUT2D eigenvalue weighted by atomic mass is 10.1. The minimum atomic E-state index is -0.241. The molecule has 5 nitrogen and oxygen atoms in total. The molecule has 1 unspecified atom stereocenters. The highest BCUT2D eigenvalue weighted by Gasteiger charge is 2.23. The number of nitrogens with zero attached hydrogens (tertiary/aromatic N) is 1. The molecular weight excluding hydrogens is 254 g/mol. The van der Waals surface area contributed by atoms with Crippen molar-refractivity contribution in [3.63, 3.8) is 0 Å². The van der Waals surface area contributed by atoms with E-state index in [0.29, 0.717) is 24.2 Å². The van der Waals surface area contributed by atoms with Crippen molar-refractivity contribution >= 4 is 16.8 Å². The molecule has 1 saturated heterocycles. The largest absolute Gasteiger partial charge is 0.336 e.